The molecule has 0 radical (unpaired) electrons. The molecular formula is C10H20N2O2. The number of carbonyl (C=O) groups is 1. The summed E-state index contributed by atoms with van der Waals surface area (Å²) in [4.78, 5) is 11.1. The van der Waals surface area contributed by atoms with Crippen LogP contribution < -0.4 is 5.32 Å². The van der Waals surface area contributed by atoms with E-state index in [9.17, 15) is 4.79 Å². The van der Waals surface area contributed by atoms with Crippen LogP contribution in [0.2, 0.25) is 0 Å². The maximum atomic E-state index is 10.5. The van der Waals surface area contributed by atoms with Crippen LogP contribution in [0.3, 0.4) is 0 Å². The first-order valence-electron chi connectivity index (χ1n) is 7.77. The summed E-state index contributed by atoms with van der Waals surface area (Å²) in [6.45, 7) is -5.32. The zero-order valence-electron chi connectivity index (χ0n) is 14.0. The Bertz CT molecular complexity index is 322. The van der Waals surface area contributed by atoms with Crippen LogP contribution >= 0.6 is 0 Å². The number of rotatable bonds is 3. The number of nitrogens with one attached hydrogen (secondary N) is 1. The van der Waals surface area contributed by atoms with Gasteiger partial charge in [-0.1, -0.05) is 0 Å². The third-order valence-corrected chi connectivity index (χ3v) is 2.62. The van der Waals surface area contributed by atoms with E-state index in [0.717, 1.165) is 0 Å². The van der Waals surface area contributed by atoms with E-state index in [0.29, 0.717) is 30.6 Å². The number of carboxylic acid groups (broad SMARTS) is 1. The van der Waals surface area contributed by atoms with Gasteiger partial charge in [0.25, 0.3) is 0 Å². The van der Waals surface area contributed by atoms with Crippen LogP contribution in [0.4, 0.5) is 4.79 Å². The van der Waals surface area contributed by atoms with Gasteiger partial charge in [0, 0.05) is 20.8 Å². The average Bonchev–Trinajstić information content (AvgIpc) is 2.24. The van der Waals surface area contributed by atoms with Gasteiger partial charge in [-0.15, -0.1) is 0 Å². The largest absolute Gasteiger partial charge is 0.465 e. The first-order valence-corrected chi connectivity index (χ1v) is 4.77. The second-order valence-electron chi connectivity index (χ2n) is 3.78. The minimum atomic E-state index is -2.65. The molecule has 1 saturated carbocycles. The molecule has 0 spiro atoms. The Labute approximate surface area is 93.7 Å². The first-order chi connectivity index (χ1) is 9.00. The Kier molecular flexibility index (Phi) is 1.99. The number of amides is 1. The van der Waals surface area contributed by atoms with Crippen molar-refractivity contribution in [1.82, 2.24) is 10.2 Å². The topological polar surface area (TPSA) is 52.6 Å². The Hall–Kier alpha value is -0.770. The van der Waals surface area contributed by atoms with Gasteiger partial charge in [-0.2, -0.15) is 0 Å². The second kappa shape index (κ2) is 5.20. The molecule has 1 aliphatic carbocycles. The van der Waals surface area contributed by atoms with Gasteiger partial charge < -0.3 is 15.3 Å². The Balaban J connectivity index is 2.55. The lowest BCUT2D eigenvalue weighted by Gasteiger charge is -2.29. The lowest BCUT2D eigenvalue weighted by molar-refractivity contribution is 0.178. The van der Waals surface area contributed by atoms with E-state index in [1.807, 2.05) is 0 Å². The molecular weight excluding hydrogens is 180 g/mol. The molecule has 0 heterocycles. The Morgan fingerprint density at radius 2 is 2.14 bits per heavy atom. The first kappa shape index (κ1) is 5.35. The van der Waals surface area contributed by atoms with E-state index >= 15 is 0 Å². The highest BCUT2D eigenvalue weighted by molar-refractivity contribution is 5.64. The van der Waals surface area contributed by atoms with E-state index in [2.05, 4.69) is 5.32 Å². The SMILES string of the molecule is [2H]C([2H])([2H])N(CC1CCC(NC(=O)O)CC1)C([2H])([2H])[2H]. The molecule has 0 aromatic carbocycles. The fourth-order valence-electron chi connectivity index (χ4n) is 1.92. The van der Waals surface area contributed by atoms with Gasteiger partial charge >= 0.3 is 6.09 Å². The molecule has 82 valence electrons. The summed E-state index contributed by atoms with van der Waals surface area (Å²) in [5.41, 5.74) is 0. The van der Waals surface area contributed by atoms with Crippen molar-refractivity contribution in [2.24, 2.45) is 5.92 Å². The van der Waals surface area contributed by atoms with E-state index in [4.69, 9.17) is 13.3 Å². The van der Waals surface area contributed by atoms with Gasteiger partial charge in [-0.05, 0) is 45.6 Å². The molecule has 1 fully saturated rings. The molecule has 0 aromatic heterocycles. The maximum absolute atomic E-state index is 10.5. The standard InChI is InChI=1S/C10H20N2O2/c1-12(2)7-8-3-5-9(6-4-8)11-10(13)14/h8-9,11H,3-7H2,1-2H3,(H,13,14)/i1D3,2D3. The van der Waals surface area contributed by atoms with Crippen molar-refractivity contribution in [3.8, 4) is 0 Å². The highest BCUT2D eigenvalue weighted by Crippen LogP contribution is 2.24. The second-order valence-corrected chi connectivity index (χ2v) is 3.78. The molecule has 0 saturated heterocycles. The average molecular weight is 206 g/mol. The third kappa shape index (κ3) is 3.96. The molecule has 1 aliphatic rings. The van der Waals surface area contributed by atoms with E-state index in [-0.39, 0.29) is 18.5 Å². The van der Waals surface area contributed by atoms with Gasteiger partial charge in [-0.3, -0.25) is 0 Å². The number of hydrogen-bond acceptors (Lipinski definition) is 2. The van der Waals surface area contributed by atoms with Crippen LogP contribution in [0.1, 0.15) is 33.9 Å². The fourth-order valence-corrected chi connectivity index (χ4v) is 1.92. The van der Waals surface area contributed by atoms with Crippen LogP contribution in [0, 0.1) is 5.92 Å². The van der Waals surface area contributed by atoms with Crippen molar-refractivity contribution in [1.29, 1.82) is 0 Å². The highest BCUT2D eigenvalue weighted by atomic mass is 16.4. The quantitative estimate of drug-likeness (QED) is 0.733. The minimum Gasteiger partial charge on any atom is -0.465 e. The lowest BCUT2D eigenvalue weighted by atomic mass is 9.86. The molecule has 4 nitrogen and oxygen atoms in total. The summed E-state index contributed by atoms with van der Waals surface area (Å²) >= 11 is 0. The summed E-state index contributed by atoms with van der Waals surface area (Å²) in [5, 5.41) is 11.0. The van der Waals surface area contributed by atoms with Crippen LogP contribution in [-0.2, 0) is 0 Å². The lowest BCUT2D eigenvalue weighted by Crippen LogP contribution is -2.38. The smallest absolute Gasteiger partial charge is 0.404 e. The van der Waals surface area contributed by atoms with Crippen molar-refractivity contribution in [2.75, 3.05) is 20.5 Å². The number of nitrogens with zero attached hydrogens (tertiary/aromatic N) is 1. The summed E-state index contributed by atoms with van der Waals surface area (Å²) in [6, 6.07) is -0.127. The van der Waals surface area contributed by atoms with Gasteiger partial charge in [-0.25, -0.2) is 4.79 Å². The summed E-state index contributed by atoms with van der Waals surface area (Å²) in [7, 11) is 0. The normalized spacial score (nSPS) is 35.8. The van der Waals surface area contributed by atoms with Gasteiger partial charge in [0.1, 0.15) is 0 Å². The molecule has 14 heavy (non-hydrogen) atoms. The maximum Gasteiger partial charge on any atom is 0.404 e. The van der Waals surface area contributed by atoms with Crippen molar-refractivity contribution < 1.29 is 18.1 Å². The Morgan fingerprint density at radius 1 is 1.50 bits per heavy atom. The van der Waals surface area contributed by atoms with Crippen LogP contribution in [0.5, 0.6) is 0 Å². The van der Waals surface area contributed by atoms with Crippen molar-refractivity contribution in [3.63, 3.8) is 0 Å². The van der Waals surface area contributed by atoms with Crippen LogP contribution in [-0.4, -0.2) is 42.6 Å². The molecule has 2 N–H and O–H groups in total. The molecule has 4 heteroatoms. The molecule has 0 aliphatic heterocycles. The molecule has 0 unspecified atom stereocenters. The van der Waals surface area contributed by atoms with Crippen LogP contribution in [0.15, 0.2) is 0 Å². The monoisotopic (exact) mass is 206 g/mol. The zero-order valence-corrected chi connectivity index (χ0v) is 7.99. The minimum absolute atomic E-state index is 0.0210. The van der Waals surface area contributed by atoms with E-state index in [1.54, 1.807) is 0 Å². The van der Waals surface area contributed by atoms with Gasteiger partial charge in [0.05, 0.1) is 0 Å². The third-order valence-electron chi connectivity index (χ3n) is 2.62. The zero-order chi connectivity index (χ0) is 15.6. The van der Waals surface area contributed by atoms with Crippen molar-refractivity contribution >= 4 is 6.09 Å². The summed E-state index contributed by atoms with van der Waals surface area (Å²) < 4.78 is 43.8. The van der Waals surface area contributed by atoms with Gasteiger partial charge in [0.2, 0.25) is 0 Å². The Morgan fingerprint density at radius 3 is 2.64 bits per heavy atom. The number of hydrogen-bond donors (Lipinski definition) is 2. The van der Waals surface area contributed by atoms with Crippen molar-refractivity contribution in [3.05, 3.63) is 0 Å². The van der Waals surface area contributed by atoms with E-state index < -0.39 is 20.0 Å². The summed E-state index contributed by atoms with van der Waals surface area (Å²) in [5.74, 6) is -0.0392. The highest BCUT2D eigenvalue weighted by Gasteiger charge is 2.22. The molecule has 0 aromatic rings. The van der Waals surface area contributed by atoms with Gasteiger partial charge in [0.15, 0.2) is 0 Å². The van der Waals surface area contributed by atoms with Crippen molar-refractivity contribution in [2.45, 2.75) is 31.7 Å². The van der Waals surface area contributed by atoms with E-state index in [1.165, 1.54) is 0 Å². The predicted molar refractivity (Wildman–Crippen MR) is 55.5 cm³/mol. The molecule has 0 atom stereocenters. The molecule has 1 rings (SSSR count). The molecule has 1 amide bonds. The molecule has 0 bridgehead atoms. The van der Waals surface area contributed by atoms with Crippen LogP contribution in [0.25, 0.3) is 0 Å². The predicted octanol–water partition coefficient (Wildman–Crippen LogP) is 1.37. The summed E-state index contributed by atoms with van der Waals surface area (Å²) in [6.07, 6.45) is 1.38. The fraction of sp³-hybridized carbons (Fsp3) is 0.900.